The first kappa shape index (κ1) is 11.2. The normalized spacial score (nSPS) is 29.9. The van der Waals surface area contributed by atoms with Gasteiger partial charge in [-0.1, -0.05) is 22.0 Å². The van der Waals surface area contributed by atoms with Gasteiger partial charge in [0.25, 0.3) is 0 Å². The van der Waals surface area contributed by atoms with Crippen LogP contribution in [-0.4, -0.2) is 24.8 Å². The van der Waals surface area contributed by atoms with Gasteiger partial charge in [0, 0.05) is 10.9 Å². The molecule has 17 heavy (non-hydrogen) atoms. The van der Waals surface area contributed by atoms with Crippen molar-refractivity contribution in [1.29, 1.82) is 0 Å². The first-order valence-corrected chi connectivity index (χ1v) is 6.47. The Kier molecular flexibility index (Phi) is 2.52. The van der Waals surface area contributed by atoms with Gasteiger partial charge in [-0.05, 0) is 36.1 Å². The molecule has 4 heteroatoms. The average Bonchev–Trinajstić information content (AvgIpc) is 3.03. The number of epoxide rings is 1. The molecule has 1 aliphatic heterocycles. The Morgan fingerprint density at radius 1 is 1.53 bits per heavy atom. The molecule has 2 aliphatic rings. The fraction of sp³-hybridized carbons (Fsp3) is 0.462. The molecule has 1 fully saturated rings. The van der Waals surface area contributed by atoms with Crippen LogP contribution in [0.1, 0.15) is 17.5 Å². The molecule has 0 bridgehead atoms. The maximum atomic E-state index is 11.5. The van der Waals surface area contributed by atoms with E-state index in [1.165, 1.54) is 18.2 Å². The topological polar surface area (TPSA) is 38.8 Å². The van der Waals surface area contributed by atoms with Gasteiger partial charge in [-0.15, -0.1) is 0 Å². The van der Waals surface area contributed by atoms with Crippen LogP contribution >= 0.6 is 15.9 Å². The lowest BCUT2D eigenvalue weighted by Crippen LogP contribution is -2.28. The van der Waals surface area contributed by atoms with E-state index in [2.05, 4.69) is 28.1 Å². The summed E-state index contributed by atoms with van der Waals surface area (Å²) in [5.74, 6) is -0.245. The Morgan fingerprint density at radius 3 is 3.12 bits per heavy atom. The maximum Gasteiger partial charge on any atom is 0.338 e. The van der Waals surface area contributed by atoms with Crippen molar-refractivity contribution in [3.05, 3.63) is 33.8 Å². The number of carbonyl (C=O) groups is 1. The minimum absolute atomic E-state index is 0.245. The Morgan fingerprint density at radius 2 is 2.35 bits per heavy atom. The highest BCUT2D eigenvalue weighted by Gasteiger charge is 2.61. The van der Waals surface area contributed by atoms with Crippen LogP contribution in [-0.2, 0) is 27.1 Å². The summed E-state index contributed by atoms with van der Waals surface area (Å²) in [6, 6.07) is 6.29. The number of esters is 1. The Labute approximate surface area is 108 Å². The highest BCUT2D eigenvalue weighted by Crippen LogP contribution is 2.47. The molecule has 3 nitrogen and oxygen atoms in total. The van der Waals surface area contributed by atoms with Gasteiger partial charge in [0.15, 0.2) is 6.10 Å². The summed E-state index contributed by atoms with van der Waals surface area (Å²) >= 11 is 3.48. The number of hydrogen-bond acceptors (Lipinski definition) is 3. The lowest BCUT2D eigenvalue weighted by atomic mass is 9.82. The molecule has 0 radical (unpaired) electrons. The zero-order valence-electron chi connectivity index (χ0n) is 9.53. The van der Waals surface area contributed by atoms with Gasteiger partial charge in [0.1, 0.15) is 5.60 Å². The van der Waals surface area contributed by atoms with Crippen LogP contribution in [0.2, 0.25) is 0 Å². The molecule has 90 valence electrons. The highest BCUT2D eigenvalue weighted by atomic mass is 79.9. The van der Waals surface area contributed by atoms with E-state index < -0.39 is 0 Å². The number of methoxy groups -OCH3 is 1. The second-order valence-corrected chi connectivity index (χ2v) is 5.59. The van der Waals surface area contributed by atoms with Crippen molar-refractivity contribution in [2.45, 2.75) is 31.0 Å². The molecule has 1 aromatic rings. The molecule has 0 saturated carbocycles. The van der Waals surface area contributed by atoms with E-state index in [-0.39, 0.29) is 17.7 Å². The summed E-state index contributed by atoms with van der Waals surface area (Å²) in [6.07, 6.45) is 2.32. The zero-order chi connectivity index (χ0) is 12.0. The minimum atomic E-state index is -0.357. The molecule has 1 spiro atoms. The first-order chi connectivity index (χ1) is 8.14. The quantitative estimate of drug-likeness (QED) is 0.589. The average molecular weight is 297 g/mol. The van der Waals surface area contributed by atoms with Crippen LogP contribution in [0.15, 0.2) is 22.7 Å². The van der Waals surface area contributed by atoms with Crippen molar-refractivity contribution < 1.29 is 14.3 Å². The first-order valence-electron chi connectivity index (χ1n) is 5.67. The van der Waals surface area contributed by atoms with Crippen LogP contribution in [0, 0.1) is 0 Å². The van der Waals surface area contributed by atoms with E-state index in [9.17, 15) is 4.79 Å². The summed E-state index contributed by atoms with van der Waals surface area (Å²) in [5.41, 5.74) is 2.35. The fourth-order valence-corrected chi connectivity index (χ4v) is 3.06. The molecule has 1 aliphatic carbocycles. The molecule has 1 heterocycles. The molecule has 0 N–H and O–H groups in total. The van der Waals surface area contributed by atoms with Crippen LogP contribution in [0.4, 0.5) is 0 Å². The minimum Gasteiger partial charge on any atom is -0.467 e. The van der Waals surface area contributed by atoms with Gasteiger partial charge in [0.2, 0.25) is 0 Å². The van der Waals surface area contributed by atoms with E-state index in [1.807, 2.05) is 6.07 Å². The van der Waals surface area contributed by atoms with Crippen molar-refractivity contribution in [2.24, 2.45) is 0 Å². The predicted octanol–water partition coefficient (Wildman–Crippen LogP) is 2.25. The van der Waals surface area contributed by atoms with Gasteiger partial charge in [-0.25, -0.2) is 4.79 Å². The lowest BCUT2D eigenvalue weighted by molar-refractivity contribution is -0.142. The Hall–Kier alpha value is -0.870. The van der Waals surface area contributed by atoms with Crippen LogP contribution < -0.4 is 0 Å². The third kappa shape index (κ3) is 1.79. The number of fused-ring (bicyclic) bond motifs is 1. The second-order valence-electron chi connectivity index (χ2n) is 4.68. The standard InChI is InChI=1S/C13H13BrO3/c1-16-12(15)11-13(17-11)5-4-8-6-10(14)3-2-9(8)7-13/h2-3,6,11H,4-5,7H2,1H3. The Balaban J connectivity index is 1.83. The number of aryl methyl sites for hydroxylation is 1. The molecular weight excluding hydrogens is 284 g/mol. The van der Waals surface area contributed by atoms with Gasteiger partial charge in [-0.2, -0.15) is 0 Å². The number of ether oxygens (including phenoxy) is 2. The molecule has 2 unspecified atom stereocenters. The van der Waals surface area contributed by atoms with E-state index in [0.717, 1.165) is 23.7 Å². The fourth-order valence-electron chi connectivity index (χ4n) is 2.65. The van der Waals surface area contributed by atoms with Gasteiger partial charge < -0.3 is 9.47 Å². The van der Waals surface area contributed by atoms with E-state index >= 15 is 0 Å². The van der Waals surface area contributed by atoms with E-state index in [0.29, 0.717) is 0 Å². The lowest BCUT2D eigenvalue weighted by Gasteiger charge is -2.22. The van der Waals surface area contributed by atoms with Crippen LogP contribution in [0.5, 0.6) is 0 Å². The highest BCUT2D eigenvalue weighted by molar-refractivity contribution is 9.10. The van der Waals surface area contributed by atoms with Crippen LogP contribution in [0.25, 0.3) is 0 Å². The van der Waals surface area contributed by atoms with Gasteiger partial charge >= 0.3 is 5.97 Å². The summed E-state index contributed by atoms with van der Waals surface area (Å²) in [6.45, 7) is 0. The molecule has 2 atom stereocenters. The molecule has 0 amide bonds. The Bertz CT molecular complexity index is 486. The second kappa shape index (κ2) is 3.82. The SMILES string of the molecule is COC(=O)C1OC12CCc1cc(Br)ccc1C2. The number of benzene rings is 1. The maximum absolute atomic E-state index is 11.5. The largest absolute Gasteiger partial charge is 0.467 e. The predicted molar refractivity (Wildman–Crippen MR) is 65.8 cm³/mol. The molecular formula is C13H13BrO3. The van der Waals surface area contributed by atoms with Crippen molar-refractivity contribution in [2.75, 3.05) is 7.11 Å². The summed E-state index contributed by atoms with van der Waals surface area (Å²) < 4.78 is 11.4. The number of hydrogen-bond donors (Lipinski definition) is 0. The van der Waals surface area contributed by atoms with Gasteiger partial charge in [0.05, 0.1) is 7.11 Å². The molecule has 0 aromatic heterocycles. The number of rotatable bonds is 1. The van der Waals surface area contributed by atoms with Crippen molar-refractivity contribution >= 4 is 21.9 Å². The zero-order valence-corrected chi connectivity index (χ0v) is 11.1. The van der Waals surface area contributed by atoms with Gasteiger partial charge in [-0.3, -0.25) is 0 Å². The summed E-state index contributed by atoms with van der Waals surface area (Å²) in [4.78, 5) is 11.5. The third-order valence-electron chi connectivity index (χ3n) is 3.66. The summed E-state index contributed by atoms with van der Waals surface area (Å²) in [5, 5.41) is 0. The summed E-state index contributed by atoms with van der Waals surface area (Å²) in [7, 11) is 1.41. The monoisotopic (exact) mass is 296 g/mol. The number of carbonyl (C=O) groups excluding carboxylic acids is 1. The number of halogens is 1. The van der Waals surface area contributed by atoms with Crippen molar-refractivity contribution in [3.8, 4) is 0 Å². The third-order valence-corrected chi connectivity index (χ3v) is 4.16. The van der Waals surface area contributed by atoms with Crippen molar-refractivity contribution in [3.63, 3.8) is 0 Å². The molecule has 3 rings (SSSR count). The smallest absolute Gasteiger partial charge is 0.338 e. The molecule has 1 aromatic carbocycles. The van der Waals surface area contributed by atoms with Crippen LogP contribution in [0.3, 0.4) is 0 Å². The molecule has 1 saturated heterocycles. The van der Waals surface area contributed by atoms with E-state index in [1.54, 1.807) is 0 Å². The van der Waals surface area contributed by atoms with Crippen molar-refractivity contribution in [1.82, 2.24) is 0 Å². The van der Waals surface area contributed by atoms with E-state index in [4.69, 9.17) is 9.47 Å².